The maximum atomic E-state index is 5.75. The summed E-state index contributed by atoms with van der Waals surface area (Å²) in [6.07, 6.45) is 6.63. The molecule has 0 aliphatic carbocycles. The molecule has 2 atom stereocenters. The van der Waals surface area contributed by atoms with Crippen LogP contribution in [0, 0.1) is 5.92 Å². The molecule has 88 valence electrons. The van der Waals surface area contributed by atoms with Crippen LogP contribution in [-0.2, 0) is 9.47 Å². The van der Waals surface area contributed by atoms with Gasteiger partial charge in [0.2, 0.25) is 0 Å². The van der Waals surface area contributed by atoms with Crippen molar-refractivity contribution in [3.8, 4) is 0 Å². The fraction of sp³-hybridized carbons (Fsp3) is 1.00. The molecular weight excluding hydrogens is 190 g/mol. The summed E-state index contributed by atoms with van der Waals surface area (Å²) in [5, 5.41) is 3.43. The molecule has 3 nitrogen and oxygen atoms in total. The maximum absolute atomic E-state index is 5.75. The first-order valence-electron chi connectivity index (χ1n) is 6.26. The zero-order valence-electron chi connectivity index (χ0n) is 9.71. The van der Waals surface area contributed by atoms with Gasteiger partial charge in [0.25, 0.3) is 0 Å². The SMILES string of the molecule is CNC(CC1CCOCC1)C1CCCO1. The van der Waals surface area contributed by atoms with Gasteiger partial charge in [-0.25, -0.2) is 0 Å². The van der Waals surface area contributed by atoms with Gasteiger partial charge in [-0.05, 0) is 45.1 Å². The van der Waals surface area contributed by atoms with Gasteiger partial charge in [0.15, 0.2) is 0 Å². The molecule has 0 saturated carbocycles. The molecule has 0 spiro atoms. The van der Waals surface area contributed by atoms with Crippen molar-refractivity contribution >= 4 is 0 Å². The van der Waals surface area contributed by atoms with Crippen LogP contribution in [0.2, 0.25) is 0 Å². The van der Waals surface area contributed by atoms with Crippen molar-refractivity contribution in [3.05, 3.63) is 0 Å². The van der Waals surface area contributed by atoms with Crippen molar-refractivity contribution in [2.45, 2.75) is 44.2 Å². The Hall–Kier alpha value is -0.120. The molecule has 2 saturated heterocycles. The van der Waals surface area contributed by atoms with Crippen molar-refractivity contribution < 1.29 is 9.47 Å². The van der Waals surface area contributed by atoms with E-state index in [1.807, 2.05) is 0 Å². The van der Waals surface area contributed by atoms with Gasteiger partial charge in [-0.15, -0.1) is 0 Å². The molecule has 3 heteroatoms. The smallest absolute Gasteiger partial charge is 0.0728 e. The van der Waals surface area contributed by atoms with Crippen LogP contribution in [0.25, 0.3) is 0 Å². The molecule has 0 aromatic rings. The minimum Gasteiger partial charge on any atom is -0.381 e. The number of likely N-dealkylation sites (N-methyl/N-ethyl adjacent to an activating group) is 1. The Kier molecular flexibility index (Phi) is 4.42. The third-order valence-electron chi connectivity index (χ3n) is 3.71. The normalized spacial score (nSPS) is 30.6. The first-order valence-corrected chi connectivity index (χ1v) is 6.26. The van der Waals surface area contributed by atoms with E-state index in [-0.39, 0.29) is 0 Å². The van der Waals surface area contributed by atoms with Gasteiger partial charge in [0, 0.05) is 25.9 Å². The van der Waals surface area contributed by atoms with Crippen LogP contribution in [0.4, 0.5) is 0 Å². The third-order valence-corrected chi connectivity index (χ3v) is 3.71. The molecule has 0 bridgehead atoms. The zero-order valence-corrected chi connectivity index (χ0v) is 9.71. The molecule has 0 aromatic heterocycles. The van der Waals surface area contributed by atoms with Crippen molar-refractivity contribution in [2.75, 3.05) is 26.9 Å². The quantitative estimate of drug-likeness (QED) is 0.769. The van der Waals surface area contributed by atoms with E-state index in [9.17, 15) is 0 Å². The predicted octanol–water partition coefficient (Wildman–Crippen LogP) is 1.57. The summed E-state index contributed by atoms with van der Waals surface area (Å²) in [4.78, 5) is 0. The molecule has 0 amide bonds. The van der Waals surface area contributed by atoms with Gasteiger partial charge in [0.05, 0.1) is 6.10 Å². The van der Waals surface area contributed by atoms with Crippen LogP contribution in [0.5, 0.6) is 0 Å². The fourth-order valence-corrected chi connectivity index (χ4v) is 2.72. The largest absolute Gasteiger partial charge is 0.381 e. The second-order valence-electron chi connectivity index (χ2n) is 4.74. The highest BCUT2D eigenvalue weighted by Crippen LogP contribution is 2.25. The predicted molar refractivity (Wildman–Crippen MR) is 60.0 cm³/mol. The molecule has 0 radical (unpaired) electrons. The summed E-state index contributed by atoms with van der Waals surface area (Å²) in [5.74, 6) is 0.834. The van der Waals surface area contributed by atoms with E-state index in [4.69, 9.17) is 9.47 Å². The van der Waals surface area contributed by atoms with Gasteiger partial charge in [0.1, 0.15) is 0 Å². The van der Waals surface area contributed by atoms with Crippen LogP contribution in [0.3, 0.4) is 0 Å². The Bertz CT molecular complexity index is 174. The van der Waals surface area contributed by atoms with E-state index >= 15 is 0 Å². The highest BCUT2D eigenvalue weighted by atomic mass is 16.5. The summed E-state index contributed by atoms with van der Waals surface area (Å²) in [5.41, 5.74) is 0. The highest BCUT2D eigenvalue weighted by Gasteiger charge is 2.27. The van der Waals surface area contributed by atoms with Gasteiger partial charge < -0.3 is 14.8 Å². The minimum absolute atomic E-state index is 0.456. The van der Waals surface area contributed by atoms with Crippen LogP contribution in [0.1, 0.15) is 32.1 Å². The lowest BCUT2D eigenvalue weighted by Gasteiger charge is -2.29. The van der Waals surface area contributed by atoms with Crippen LogP contribution in [0.15, 0.2) is 0 Å². The molecule has 0 aromatic carbocycles. The van der Waals surface area contributed by atoms with Crippen molar-refractivity contribution in [2.24, 2.45) is 5.92 Å². The molecule has 2 unspecified atom stereocenters. The summed E-state index contributed by atoms with van der Waals surface area (Å²) < 4.78 is 11.1. The molecule has 2 heterocycles. The molecule has 1 N–H and O–H groups in total. The summed E-state index contributed by atoms with van der Waals surface area (Å²) >= 11 is 0. The molecule has 2 rings (SSSR count). The summed E-state index contributed by atoms with van der Waals surface area (Å²) in [7, 11) is 2.06. The van der Waals surface area contributed by atoms with E-state index in [2.05, 4.69) is 12.4 Å². The fourth-order valence-electron chi connectivity index (χ4n) is 2.72. The number of nitrogens with one attached hydrogen (secondary N) is 1. The van der Waals surface area contributed by atoms with Crippen LogP contribution in [-0.4, -0.2) is 39.0 Å². The third kappa shape index (κ3) is 3.16. The van der Waals surface area contributed by atoms with E-state index in [1.165, 1.54) is 32.1 Å². The summed E-state index contributed by atoms with van der Waals surface area (Å²) in [6.45, 7) is 2.86. The molecule has 15 heavy (non-hydrogen) atoms. The maximum Gasteiger partial charge on any atom is 0.0728 e. The lowest BCUT2D eigenvalue weighted by atomic mass is 9.90. The van der Waals surface area contributed by atoms with Crippen molar-refractivity contribution in [3.63, 3.8) is 0 Å². The highest BCUT2D eigenvalue weighted by molar-refractivity contribution is 4.82. The van der Waals surface area contributed by atoms with E-state index in [1.54, 1.807) is 0 Å². The topological polar surface area (TPSA) is 30.5 Å². The average molecular weight is 213 g/mol. The minimum atomic E-state index is 0.456. The first-order chi connectivity index (χ1) is 7.40. The molecule has 2 aliphatic heterocycles. The number of hydrogen-bond donors (Lipinski definition) is 1. The van der Waals surface area contributed by atoms with E-state index in [0.29, 0.717) is 12.1 Å². The monoisotopic (exact) mass is 213 g/mol. The molecular formula is C12H23NO2. The Morgan fingerprint density at radius 3 is 2.60 bits per heavy atom. The van der Waals surface area contributed by atoms with Crippen LogP contribution < -0.4 is 5.32 Å². The Morgan fingerprint density at radius 2 is 2.00 bits per heavy atom. The Morgan fingerprint density at radius 1 is 1.20 bits per heavy atom. The summed E-state index contributed by atoms with van der Waals surface area (Å²) in [6, 6.07) is 0.551. The standard InChI is InChI=1S/C12H23NO2/c1-13-11(12-3-2-6-15-12)9-10-4-7-14-8-5-10/h10-13H,2-9H2,1H3. The number of ether oxygens (including phenoxy) is 2. The van der Waals surface area contributed by atoms with Crippen LogP contribution >= 0.6 is 0 Å². The van der Waals surface area contributed by atoms with Gasteiger partial charge in [-0.3, -0.25) is 0 Å². The lowest BCUT2D eigenvalue weighted by Crippen LogP contribution is -2.39. The number of rotatable bonds is 4. The second-order valence-corrected chi connectivity index (χ2v) is 4.74. The van der Waals surface area contributed by atoms with E-state index in [0.717, 1.165) is 25.7 Å². The average Bonchev–Trinajstić information content (AvgIpc) is 2.81. The second kappa shape index (κ2) is 5.83. The first kappa shape index (κ1) is 11.4. The lowest BCUT2D eigenvalue weighted by molar-refractivity contribution is 0.0393. The van der Waals surface area contributed by atoms with Crippen molar-refractivity contribution in [1.29, 1.82) is 0 Å². The Balaban J connectivity index is 1.78. The number of hydrogen-bond acceptors (Lipinski definition) is 3. The zero-order chi connectivity index (χ0) is 10.5. The van der Waals surface area contributed by atoms with Gasteiger partial charge in [-0.2, -0.15) is 0 Å². The van der Waals surface area contributed by atoms with Crippen molar-refractivity contribution in [1.82, 2.24) is 5.32 Å². The molecule has 2 aliphatic rings. The Labute approximate surface area is 92.5 Å². The van der Waals surface area contributed by atoms with Gasteiger partial charge in [-0.1, -0.05) is 0 Å². The van der Waals surface area contributed by atoms with Gasteiger partial charge >= 0.3 is 0 Å². The van der Waals surface area contributed by atoms with E-state index < -0.39 is 0 Å². The molecule has 2 fully saturated rings.